The van der Waals surface area contributed by atoms with Crippen LogP contribution < -0.4 is 4.74 Å². The van der Waals surface area contributed by atoms with Gasteiger partial charge < -0.3 is 4.74 Å². The molecule has 0 saturated carbocycles. The molecule has 0 aliphatic heterocycles. The standard InChI is InChI=1S/C10H11NO2/c1-3-4-13-10-8(2)5-9(7-12)6-11-10/h3,5-7H,1,4H2,2H3. The van der Waals surface area contributed by atoms with E-state index >= 15 is 0 Å². The van der Waals surface area contributed by atoms with E-state index in [4.69, 9.17) is 4.74 Å². The monoisotopic (exact) mass is 177 g/mol. The van der Waals surface area contributed by atoms with Crippen molar-refractivity contribution in [1.29, 1.82) is 0 Å². The molecule has 0 aromatic carbocycles. The summed E-state index contributed by atoms with van der Waals surface area (Å²) >= 11 is 0. The molecule has 0 saturated heterocycles. The SMILES string of the molecule is C=CCOc1ncc(C=O)cc1C. The number of rotatable bonds is 4. The summed E-state index contributed by atoms with van der Waals surface area (Å²) < 4.78 is 5.24. The number of ether oxygens (including phenoxy) is 1. The van der Waals surface area contributed by atoms with Crippen LogP contribution in [-0.4, -0.2) is 17.9 Å². The lowest BCUT2D eigenvalue weighted by molar-refractivity contribution is 0.112. The third-order valence-corrected chi connectivity index (χ3v) is 1.53. The molecule has 1 aromatic rings. The van der Waals surface area contributed by atoms with Crippen molar-refractivity contribution in [3.63, 3.8) is 0 Å². The number of nitrogens with zero attached hydrogens (tertiary/aromatic N) is 1. The Kier molecular flexibility index (Phi) is 3.20. The topological polar surface area (TPSA) is 39.2 Å². The maximum Gasteiger partial charge on any atom is 0.216 e. The minimum atomic E-state index is 0.425. The van der Waals surface area contributed by atoms with Gasteiger partial charge in [-0.25, -0.2) is 4.98 Å². The van der Waals surface area contributed by atoms with Crippen LogP contribution in [0.5, 0.6) is 5.88 Å². The molecule has 0 spiro atoms. The van der Waals surface area contributed by atoms with Gasteiger partial charge in [-0.15, -0.1) is 0 Å². The van der Waals surface area contributed by atoms with Crippen molar-refractivity contribution in [2.24, 2.45) is 0 Å². The number of aromatic nitrogens is 1. The van der Waals surface area contributed by atoms with Crippen LogP contribution in [0.1, 0.15) is 15.9 Å². The number of carbonyl (C=O) groups is 1. The largest absolute Gasteiger partial charge is 0.473 e. The van der Waals surface area contributed by atoms with Crippen molar-refractivity contribution in [3.05, 3.63) is 36.0 Å². The highest BCUT2D eigenvalue weighted by atomic mass is 16.5. The molecule has 0 N–H and O–H groups in total. The van der Waals surface area contributed by atoms with Gasteiger partial charge in [0.15, 0.2) is 6.29 Å². The molecular weight excluding hydrogens is 166 g/mol. The van der Waals surface area contributed by atoms with E-state index in [9.17, 15) is 4.79 Å². The van der Waals surface area contributed by atoms with Crippen LogP contribution in [0, 0.1) is 6.92 Å². The predicted molar refractivity (Wildman–Crippen MR) is 50.1 cm³/mol. The molecule has 0 radical (unpaired) electrons. The number of hydrogen-bond donors (Lipinski definition) is 0. The molecule has 0 bridgehead atoms. The van der Waals surface area contributed by atoms with Crippen LogP contribution in [0.4, 0.5) is 0 Å². The molecule has 0 aliphatic carbocycles. The van der Waals surface area contributed by atoms with Gasteiger partial charge in [0.1, 0.15) is 6.61 Å². The summed E-state index contributed by atoms with van der Waals surface area (Å²) in [6.07, 6.45) is 3.89. The van der Waals surface area contributed by atoms with E-state index in [0.717, 1.165) is 11.8 Å². The fraction of sp³-hybridized carbons (Fsp3) is 0.200. The molecule has 3 heteroatoms. The van der Waals surface area contributed by atoms with Gasteiger partial charge in [0, 0.05) is 17.3 Å². The molecule has 0 amide bonds. The van der Waals surface area contributed by atoms with E-state index in [1.807, 2.05) is 6.92 Å². The molecule has 0 atom stereocenters. The summed E-state index contributed by atoms with van der Waals surface area (Å²) in [5.41, 5.74) is 1.41. The summed E-state index contributed by atoms with van der Waals surface area (Å²) in [7, 11) is 0. The second kappa shape index (κ2) is 4.40. The molecule has 1 aromatic heterocycles. The molecule has 13 heavy (non-hydrogen) atoms. The Labute approximate surface area is 77.1 Å². The Balaban J connectivity index is 2.84. The van der Waals surface area contributed by atoms with E-state index in [2.05, 4.69) is 11.6 Å². The minimum Gasteiger partial charge on any atom is -0.473 e. The Morgan fingerprint density at radius 2 is 2.46 bits per heavy atom. The van der Waals surface area contributed by atoms with Crippen LogP contribution in [0.25, 0.3) is 0 Å². The average molecular weight is 177 g/mol. The Morgan fingerprint density at radius 3 is 3.00 bits per heavy atom. The minimum absolute atomic E-state index is 0.425. The number of pyridine rings is 1. The van der Waals surface area contributed by atoms with Crippen LogP contribution >= 0.6 is 0 Å². The first-order chi connectivity index (χ1) is 6.27. The van der Waals surface area contributed by atoms with Crippen molar-refractivity contribution < 1.29 is 9.53 Å². The summed E-state index contributed by atoms with van der Waals surface area (Å²) in [5.74, 6) is 0.547. The smallest absolute Gasteiger partial charge is 0.216 e. The summed E-state index contributed by atoms with van der Waals surface area (Å²) in [6.45, 7) is 5.80. The van der Waals surface area contributed by atoms with E-state index in [1.54, 1.807) is 12.1 Å². The average Bonchev–Trinajstić information content (AvgIpc) is 2.16. The van der Waals surface area contributed by atoms with Crippen LogP contribution in [0.3, 0.4) is 0 Å². The second-order valence-electron chi connectivity index (χ2n) is 2.61. The van der Waals surface area contributed by atoms with Crippen LogP contribution in [0.2, 0.25) is 0 Å². The van der Waals surface area contributed by atoms with Gasteiger partial charge in [-0.3, -0.25) is 4.79 Å². The van der Waals surface area contributed by atoms with Crippen LogP contribution in [0.15, 0.2) is 24.9 Å². The highest BCUT2D eigenvalue weighted by molar-refractivity contribution is 5.74. The Bertz CT molecular complexity index is 321. The molecular formula is C10H11NO2. The number of hydrogen-bond acceptors (Lipinski definition) is 3. The van der Waals surface area contributed by atoms with E-state index in [-0.39, 0.29) is 0 Å². The van der Waals surface area contributed by atoms with Crippen molar-refractivity contribution in [3.8, 4) is 5.88 Å². The van der Waals surface area contributed by atoms with Gasteiger partial charge in [-0.05, 0) is 13.0 Å². The van der Waals surface area contributed by atoms with Gasteiger partial charge in [0.2, 0.25) is 5.88 Å². The number of aryl methyl sites for hydroxylation is 1. The quantitative estimate of drug-likeness (QED) is 0.519. The first-order valence-corrected chi connectivity index (χ1v) is 3.93. The summed E-state index contributed by atoms with van der Waals surface area (Å²) in [4.78, 5) is 14.4. The maximum absolute atomic E-state index is 10.4. The molecule has 0 fully saturated rings. The van der Waals surface area contributed by atoms with Crippen molar-refractivity contribution in [1.82, 2.24) is 4.98 Å². The zero-order valence-electron chi connectivity index (χ0n) is 7.49. The van der Waals surface area contributed by atoms with Crippen molar-refractivity contribution in [2.75, 3.05) is 6.61 Å². The fourth-order valence-corrected chi connectivity index (χ4v) is 0.937. The lowest BCUT2D eigenvalue weighted by atomic mass is 10.2. The highest BCUT2D eigenvalue weighted by Gasteiger charge is 2.00. The van der Waals surface area contributed by atoms with E-state index in [0.29, 0.717) is 18.1 Å². The Hall–Kier alpha value is -1.64. The third kappa shape index (κ3) is 2.40. The van der Waals surface area contributed by atoms with Crippen molar-refractivity contribution >= 4 is 6.29 Å². The highest BCUT2D eigenvalue weighted by Crippen LogP contribution is 2.14. The zero-order chi connectivity index (χ0) is 9.68. The van der Waals surface area contributed by atoms with Gasteiger partial charge in [-0.1, -0.05) is 12.7 Å². The lowest BCUT2D eigenvalue weighted by Crippen LogP contribution is -1.98. The second-order valence-corrected chi connectivity index (χ2v) is 2.61. The van der Waals surface area contributed by atoms with Crippen molar-refractivity contribution in [2.45, 2.75) is 6.92 Å². The Morgan fingerprint density at radius 1 is 1.69 bits per heavy atom. The van der Waals surface area contributed by atoms with Gasteiger partial charge in [0.25, 0.3) is 0 Å². The zero-order valence-corrected chi connectivity index (χ0v) is 7.49. The third-order valence-electron chi connectivity index (χ3n) is 1.53. The lowest BCUT2D eigenvalue weighted by Gasteiger charge is -2.04. The molecule has 1 heterocycles. The van der Waals surface area contributed by atoms with E-state index in [1.165, 1.54) is 6.20 Å². The van der Waals surface area contributed by atoms with Gasteiger partial charge in [0.05, 0.1) is 0 Å². The van der Waals surface area contributed by atoms with Crippen LogP contribution in [-0.2, 0) is 0 Å². The predicted octanol–water partition coefficient (Wildman–Crippen LogP) is 1.77. The van der Waals surface area contributed by atoms with Gasteiger partial charge in [-0.2, -0.15) is 0 Å². The van der Waals surface area contributed by atoms with Gasteiger partial charge >= 0.3 is 0 Å². The fourth-order valence-electron chi connectivity index (χ4n) is 0.937. The molecule has 1 rings (SSSR count). The summed E-state index contributed by atoms with van der Waals surface area (Å²) in [6, 6.07) is 1.73. The number of carbonyl (C=O) groups excluding carboxylic acids is 1. The van der Waals surface area contributed by atoms with E-state index < -0.39 is 0 Å². The normalized spacial score (nSPS) is 9.31. The maximum atomic E-state index is 10.4. The molecule has 0 unspecified atom stereocenters. The number of aldehydes is 1. The first-order valence-electron chi connectivity index (χ1n) is 3.93. The molecule has 0 aliphatic rings. The first kappa shape index (κ1) is 9.45. The summed E-state index contributed by atoms with van der Waals surface area (Å²) in [5, 5.41) is 0. The molecule has 68 valence electrons. The molecule has 3 nitrogen and oxygen atoms in total.